The maximum Gasteiger partial charge on any atom is 0.234 e. The molecule has 0 radical (unpaired) electrons. The molecule has 1 aliphatic heterocycles. The second kappa shape index (κ2) is 8.71. The highest BCUT2D eigenvalue weighted by Gasteiger charge is 2.18. The Morgan fingerprint density at radius 1 is 1.14 bits per heavy atom. The fraction of sp³-hybridized carbons (Fsp3) is 0.500. The van der Waals surface area contributed by atoms with Gasteiger partial charge < -0.3 is 5.32 Å². The molecule has 1 heterocycles. The molecule has 2 rings (SSSR count). The zero-order chi connectivity index (χ0) is 15.8. The number of nitrogens with one attached hydrogen (secondary N) is 1. The molecule has 0 unspecified atom stereocenters. The van der Waals surface area contributed by atoms with Crippen molar-refractivity contribution in [3.63, 3.8) is 0 Å². The van der Waals surface area contributed by atoms with Crippen LogP contribution in [0.15, 0.2) is 36.4 Å². The van der Waals surface area contributed by atoms with Gasteiger partial charge in [-0.25, -0.2) is 0 Å². The van der Waals surface area contributed by atoms with E-state index >= 15 is 0 Å². The molecule has 1 fully saturated rings. The van der Waals surface area contributed by atoms with Gasteiger partial charge in [-0.2, -0.15) is 0 Å². The van der Waals surface area contributed by atoms with Crippen LogP contribution in [-0.4, -0.2) is 61.0 Å². The topological polar surface area (TPSA) is 35.6 Å². The minimum absolute atomic E-state index is 0.132. The molecule has 1 N–H and O–H groups in total. The third-order valence-corrected chi connectivity index (χ3v) is 3.76. The average Bonchev–Trinajstić information content (AvgIpc) is 2.49. The van der Waals surface area contributed by atoms with E-state index in [2.05, 4.69) is 51.5 Å². The molecule has 0 bridgehead atoms. The highest BCUT2D eigenvalue weighted by atomic mass is 16.2. The van der Waals surface area contributed by atoms with Crippen molar-refractivity contribution < 1.29 is 4.79 Å². The van der Waals surface area contributed by atoms with E-state index in [-0.39, 0.29) is 11.9 Å². The minimum Gasteiger partial charge on any atom is -0.353 e. The predicted octanol–water partition coefficient (Wildman–Crippen LogP) is 1.84. The number of piperazine rings is 1. The predicted molar refractivity (Wildman–Crippen MR) is 91.6 cm³/mol. The maximum absolute atomic E-state index is 11.8. The summed E-state index contributed by atoms with van der Waals surface area (Å²) in [5, 5.41) is 2.95. The number of amides is 1. The molecule has 1 aromatic carbocycles. The Morgan fingerprint density at radius 2 is 1.77 bits per heavy atom. The van der Waals surface area contributed by atoms with Crippen LogP contribution in [0.1, 0.15) is 19.4 Å². The number of benzene rings is 1. The van der Waals surface area contributed by atoms with Gasteiger partial charge in [0.25, 0.3) is 0 Å². The van der Waals surface area contributed by atoms with Gasteiger partial charge in [0, 0.05) is 38.8 Å². The number of rotatable bonds is 6. The lowest BCUT2D eigenvalue weighted by Crippen LogP contribution is -2.50. The van der Waals surface area contributed by atoms with Gasteiger partial charge in [0.15, 0.2) is 0 Å². The molecular formula is C18H27N3O. The van der Waals surface area contributed by atoms with E-state index in [9.17, 15) is 4.79 Å². The van der Waals surface area contributed by atoms with Crippen molar-refractivity contribution in [2.45, 2.75) is 19.9 Å². The molecule has 22 heavy (non-hydrogen) atoms. The standard InChI is InChI=1S/C18H27N3O/c1-16(2)19-18(22)15-21-13-11-20(12-14-21)10-6-9-17-7-4-3-5-8-17/h3-9,16H,10-15H2,1-2H3,(H,19,22)/b9-6+. The van der Waals surface area contributed by atoms with Crippen LogP contribution in [0.25, 0.3) is 6.08 Å². The summed E-state index contributed by atoms with van der Waals surface area (Å²) in [5.41, 5.74) is 1.24. The van der Waals surface area contributed by atoms with Crippen molar-refractivity contribution >= 4 is 12.0 Å². The molecule has 0 aliphatic carbocycles. The van der Waals surface area contributed by atoms with Crippen LogP contribution in [0.4, 0.5) is 0 Å². The second-order valence-corrected chi connectivity index (χ2v) is 6.11. The Balaban J connectivity index is 1.67. The van der Waals surface area contributed by atoms with Gasteiger partial charge in [0.05, 0.1) is 6.54 Å². The summed E-state index contributed by atoms with van der Waals surface area (Å²) in [7, 11) is 0. The number of carbonyl (C=O) groups is 1. The Hall–Kier alpha value is -1.65. The zero-order valence-corrected chi connectivity index (χ0v) is 13.7. The Morgan fingerprint density at radius 3 is 2.41 bits per heavy atom. The van der Waals surface area contributed by atoms with Crippen LogP contribution in [-0.2, 0) is 4.79 Å². The van der Waals surface area contributed by atoms with Crippen molar-refractivity contribution in [3.8, 4) is 0 Å². The molecule has 4 nitrogen and oxygen atoms in total. The molecule has 1 saturated heterocycles. The van der Waals surface area contributed by atoms with Gasteiger partial charge in [-0.3, -0.25) is 14.6 Å². The Bertz CT molecular complexity index is 476. The van der Waals surface area contributed by atoms with Crippen molar-refractivity contribution in [3.05, 3.63) is 42.0 Å². The summed E-state index contributed by atoms with van der Waals surface area (Å²) in [4.78, 5) is 16.4. The number of carbonyl (C=O) groups excluding carboxylic acids is 1. The number of nitrogens with zero attached hydrogens (tertiary/aromatic N) is 2. The largest absolute Gasteiger partial charge is 0.353 e. The van der Waals surface area contributed by atoms with Crippen LogP contribution in [0.5, 0.6) is 0 Å². The van der Waals surface area contributed by atoms with Crippen molar-refractivity contribution in [2.24, 2.45) is 0 Å². The first-order valence-electron chi connectivity index (χ1n) is 8.09. The van der Waals surface area contributed by atoms with Crippen LogP contribution in [0.2, 0.25) is 0 Å². The first kappa shape index (κ1) is 16.7. The third-order valence-electron chi connectivity index (χ3n) is 3.76. The smallest absolute Gasteiger partial charge is 0.234 e. The molecule has 1 aliphatic rings. The molecule has 1 aromatic rings. The van der Waals surface area contributed by atoms with Crippen LogP contribution >= 0.6 is 0 Å². The van der Waals surface area contributed by atoms with Gasteiger partial charge in [-0.15, -0.1) is 0 Å². The quantitative estimate of drug-likeness (QED) is 0.871. The fourth-order valence-corrected chi connectivity index (χ4v) is 2.60. The normalized spacial score (nSPS) is 17.2. The van der Waals surface area contributed by atoms with E-state index in [4.69, 9.17) is 0 Å². The monoisotopic (exact) mass is 301 g/mol. The number of hydrogen-bond acceptors (Lipinski definition) is 3. The second-order valence-electron chi connectivity index (χ2n) is 6.11. The summed E-state index contributed by atoms with van der Waals surface area (Å²) < 4.78 is 0. The highest BCUT2D eigenvalue weighted by Crippen LogP contribution is 2.04. The van der Waals surface area contributed by atoms with E-state index in [1.54, 1.807) is 0 Å². The average molecular weight is 301 g/mol. The van der Waals surface area contributed by atoms with Crippen molar-refractivity contribution in [1.29, 1.82) is 0 Å². The Labute approximate surface area is 133 Å². The van der Waals surface area contributed by atoms with Gasteiger partial charge in [-0.1, -0.05) is 42.5 Å². The van der Waals surface area contributed by atoms with E-state index in [1.165, 1.54) is 5.56 Å². The third kappa shape index (κ3) is 6.00. The SMILES string of the molecule is CC(C)NC(=O)CN1CCN(C/C=C/c2ccccc2)CC1. The molecule has 4 heteroatoms. The van der Waals surface area contributed by atoms with Crippen molar-refractivity contribution in [2.75, 3.05) is 39.3 Å². The summed E-state index contributed by atoms with van der Waals surface area (Å²) >= 11 is 0. The van der Waals surface area contributed by atoms with Gasteiger partial charge in [-0.05, 0) is 19.4 Å². The molecule has 0 spiro atoms. The van der Waals surface area contributed by atoms with Gasteiger partial charge in [0.2, 0.25) is 5.91 Å². The van der Waals surface area contributed by atoms with E-state index in [0.717, 1.165) is 32.7 Å². The Kier molecular flexibility index (Phi) is 6.62. The fourth-order valence-electron chi connectivity index (χ4n) is 2.60. The molecule has 0 aromatic heterocycles. The zero-order valence-electron chi connectivity index (χ0n) is 13.7. The first-order valence-corrected chi connectivity index (χ1v) is 8.09. The molecular weight excluding hydrogens is 274 g/mol. The molecule has 0 atom stereocenters. The van der Waals surface area contributed by atoms with Gasteiger partial charge in [0.1, 0.15) is 0 Å². The lowest BCUT2D eigenvalue weighted by atomic mass is 10.2. The summed E-state index contributed by atoms with van der Waals surface area (Å²) in [5.74, 6) is 0.132. The van der Waals surface area contributed by atoms with Crippen LogP contribution in [0.3, 0.4) is 0 Å². The van der Waals surface area contributed by atoms with E-state index < -0.39 is 0 Å². The van der Waals surface area contributed by atoms with Gasteiger partial charge >= 0.3 is 0 Å². The summed E-state index contributed by atoms with van der Waals surface area (Å²) in [6.45, 7) is 9.45. The summed E-state index contributed by atoms with van der Waals surface area (Å²) in [6.07, 6.45) is 4.39. The highest BCUT2D eigenvalue weighted by molar-refractivity contribution is 5.78. The number of hydrogen-bond donors (Lipinski definition) is 1. The first-order chi connectivity index (χ1) is 10.6. The minimum atomic E-state index is 0.132. The van der Waals surface area contributed by atoms with E-state index in [0.29, 0.717) is 6.54 Å². The molecule has 120 valence electrons. The van der Waals surface area contributed by atoms with Crippen LogP contribution < -0.4 is 5.32 Å². The van der Waals surface area contributed by atoms with Crippen molar-refractivity contribution in [1.82, 2.24) is 15.1 Å². The lowest BCUT2D eigenvalue weighted by Gasteiger charge is -2.33. The molecule has 1 amide bonds. The van der Waals surface area contributed by atoms with Crippen LogP contribution in [0, 0.1) is 0 Å². The maximum atomic E-state index is 11.8. The van der Waals surface area contributed by atoms with E-state index in [1.807, 2.05) is 19.9 Å². The lowest BCUT2D eigenvalue weighted by molar-refractivity contribution is -0.123. The molecule has 0 saturated carbocycles. The summed E-state index contributed by atoms with van der Waals surface area (Å²) in [6, 6.07) is 10.6.